The van der Waals surface area contributed by atoms with Crippen molar-refractivity contribution in [2.24, 2.45) is 46.2 Å². The molecule has 0 spiro atoms. The number of carbonyl (C=O) groups is 7. The van der Waals surface area contributed by atoms with Crippen LogP contribution >= 0.6 is 0 Å². The number of carbonyl (C=O) groups excluding carboxylic acids is 8. The van der Waals surface area contributed by atoms with Gasteiger partial charge in [0, 0.05) is 30.4 Å². The first-order valence-corrected chi connectivity index (χ1v) is 28.0. The molecule has 0 saturated carbocycles. The quantitative estimate of drug-likeness (QED) is 0.0195. The predicted octanol–water partition coefficient (Wildman–Crippen LogP) is 9.65. The lowest BCUT2D eigenvalue weighted by Gasteiger charge is -2.26. The zero-order valence-corrected chi connectivity index (χ0v) is 48.5. The smallest absolute Gasteiger partial charge is 0.319 e. The summed E-state index contributed by atoms with van der Waals surface area (Å²) in [6.45, 7) is 20.2. The molecule has 0 bridgehead atoms. The lowest BCUT2D eigenvalue weighted by atomic mass is 9.88. The highest BCUT2D eigenvalue weighted by molar-refractivity contribution is 5.99. The number of nitrogens with two attached hydrogens (primary N) is 1. The maximum Gasteiger partial charge on any atom is 0.319 e. The minimum atomic E-state index is -0.865. The standard InChI is InChI=1S/C32H43N3O5.C25H38N2O4.C7H5NO/c1-21(2)16-26(35-31(39)33-25-14-10-7-11-15-25)28(36)19-24(18-23-12-8-6-9-13-23)30(38)34-27(17-22(3)4)29(37)32(5)20-40-32;1-16(2)11-20(26)22(28)14-19(13-18-9-7-6-8-10-18)24(30)27-21(12-17(3)4)23(29)25(5)15-31-25;9-6-8-7-4-2-1-3-5-7/h6-15,21-22,24,26-27H,16-20H2,1-5H3,(H,34,38)(H2,33,35,39);6-10,16-17,19-21H,11-15,26H2,1-5H3,(H,27,30);1-5H/t24-,26+,27+,32-;19-,20+,21+,25-;/m11./s1. The molecule has 2 saturated heterocycles. The molecule has 0 aliphatic carbocycles. The van der Waals surface area contributed by atoms with E-state index in [-0.39, 0.29) is 65.5 Å². The molecule has 2 aliphatic rings. The molecule has 432 valence electrons. The molecule has 4 amide bonds. The van der Waals surface area contributed by atoms with Gasteiger partial charge in [-0.2, -0.15) is 4.99 Å². The number of nitrogens with zero attached hydrogens (tertiary/aromatic N) is 1. The normalized spacial score (nSPS) is 18.2. The highest BCUT2D eigenvalue weighted by Gasteiger charge is 2.51. The maximum atomic E-state index is 13.7. The van der Waals surface area contributed by atoms with Crippen molar-refractivity contribution < 1.29 is 47.8 Å². The van der Waals surface area contributed by atoms with Crippen molar-refractivity contribution in [3.05, 3.63) is 132 Å². The number of epoxide rings is 2. The van der Waals surface area contributed by atoms with E-state index in [2.05, 4.69) is 26.3 Å². The summed E-state index contributed by atoms with van der Waals surface area (Å²) in [5, 5.41) is 11.5. The minimum Gasteiger partial charge on any atom is -0.361 e. The van der Waals surface area contributed by atoms with Crippen molar-refractivity contribution in [3.8, 4) is 0 Å². The third kappa shape index (κ3) is 23.4. The SMILES string of the molecule is CC(C)C[C@H](NC(=O)Nc1ccccc1)C(=O)C[C@@H](Cc1ccccc1)C(=O)N[C@@H](CC(C)C)C(=O)[C@@]1(C)CO1.CC(C)C[C@H](NC(=O)[C@@H](CC(=O)[C@@H](N)CC(C)C)Cc1ccccc1)C(=O)[C@@]1(C)CO1.O=C=Nc1ccccc1. The van der Waals surface area contributed by atoms with Gasteiger partial charge in [-0.15, -0.1) is 0 Å². The number of isocyanates is 1. The van der Waals surface area contributed by atoms with Crippen LogP contribution in [0.25, 0.3) is 0 Å². The first-order valence-electron chi connectivity index (χ1n) is 28.0. The average molecular weight is 1100 g/mol. The van der Waals surface area contributed by atoms with Gasteiger partial charge >= 0.3 is 6.03 Å². The topological polar surface area (TPSA) is 248 Å². The Bertz CT molecular complexity index is 2650. The Hall–Kier alpha value is -6.97. The summed E-state index contributed by atoms with van der Waals surface area (Å²) in [4.78, 5) is 105. The van der Waals surface area contributed by atoms with Crippen molar-refractivity contribution in [2.75, 3.05) is 18.5 Å². The fraction of sp³-hybridized carbons (Fsp3) is 0.500. The first kappa shape index (κ1) is 65.5. The fourth-order valence-electron chi connectivity index (χ4n) is 9.10. The number of nitrogens with one attached hydrogen (secondary N) is 4. The van der Waals surface area contributed by atoms with Gasteiger partial charge in [-0.1, -0.05) is 152 Å². The number of Topliss-reactive ketones (excluding diaryl/α,β-unsaturated/α-hetero) is 4. The molecule has 6 N–H and O–H groups in total. The maximum absolute atomic E-state index is 13.7. The molecular formula is C64H86N6O10. The van der Waals surface area contributed by atoms with Gasteiger partial charge in [-0.25, -0.2) is 9.59 Å². The van der Waals surface area contributed by atoms with Crippen LogP contribution in [0.4, 0.5) is 16.2 Å². The number of hydrogen-bond donors (Lipinski definition) is 5. The number of ketones is 4. The van der Waals surface area contributed by atoms with Crippen LogP contribution in [0.3, 0.4) is 0 Å². The lowest BCUT2D eigenvalue weighted by Crippen LogP contribution is -2.50. The summed E-state index contributed by atoms with van der Waals surface area (Å²) in [5.41, 5.74) is 7.56. The average Bonchev–Trinajstić information content (AvgIpc) is 4.40. The van der Waals surface area contributed by atoms with E-state index in [0.717, 1.165) is 11.1 Å². The zero-order valence-electron chi connectivity index (χ0n) is 48.5. The highest BCUT2D eigenvalue weighted by atomic mass is 16.6. The number of para-hydroxylation sites is 2. The molecule has 0 radical (unpaired) electrons. The van der Waals surface area contributed by atoms with E-state index >= 15 is 0 Å². The van der Waals surface area contributed by atoms with Crippen LogP contribution in [0.15, 0.2) is 126 Å². The van der Waals surface area contributed by atoms with E-state index in [4.69, 9.17) is 15.2 Å². The van der Waals surface area contributed by atoms with Crippen LogP contribution < -0.4 is 27.0 Å². The van der Waals surface area contributed by atoms with Gasteiger partial charge in [0.15, 0.2) is 17.3 Å². The van der Waals surface area contributed by atoms with Crippen LogP contribution in [-0.4, -0.2) is 95.6 Å². The van der Waals surface area contributed by atoms with Crippen LogP contribution in [0.5, 0.6) is 0 Å². The van der Waals surface area contributed by atoms with Gasteiger partial charge in [0.2, 0.25) is 17.9 Å². The highest BCUT2D eigenvalue weighted by Crippen LogP contribution is 2.31. The lowest BCUT2D eigenvalue weighted by molar-refractivity contribution is -0.134. The third-order valence-electron chi connectivity index (χ3n) is 13.7. The monoisotopic (exact) mass is 1100 g/mol. The number of ether oxygens (including phenoxy) is 2. The Morgan fingerprint density at radius 1 is 0.525 bits per heavy atom. The molecule has 2 aliphatic heterocycles. The summed E-state index contributed by atoms with van der Waals surface area (Å²) in [6.07, 6.45) is 4.23. The number of urea groups is 1. The number of benzene rings is 4. The van der Waals surface area contributed by atoms with Gasteiger partial charge in [0.05, 0.1) is 43.1 Å². The molecule has 2 heterocycles. The van der Waals surface area contributed by atoms with E-state index in [1.165, 1.54) is 6.08 Å². The van der Waals surface area contributed by atoms with Gasteiger partial charge in [0.25, 0.3) is 0 Å². The van der Waals surface area contributed by atoms with Crippen LogP contribution in [-0.2, 0) is 55.9 Å². The fourth-order valence-corrected chi connectivity index (χ4v) is 9.10. The molecule has 0 aromatic heterocycles. The van der Waals surface area contributed by atoms with E-state index in [1.54, 1.807) is 38.1 Å². The molecule has 6 rings (SSSR count). The second-order valence-corrected chi connectivity index (χ2v) is 23.2. The molecule has 2 fully saturated rings. The largest absolute Gasteiger partial charge is 0.361 e. The summed E-state index contributed by atoms with van der Waals surface area (Å²) in [5.74, 6) is -1.67. The second-order valence-electron chi connectivity index (χ2n) is 23.2. The molecule has 4 aromatic rings. The van der Waals surface area contributed by atoms with Crippen LogP contribution in [0.1, 0.15) is 119 Å². The molecular weight excluding hydrogens is 1010 g/mol. The van der Waals surface area contributed by atoms with E-state index in [9.17, 15) is 38.4 Å². The number of amides is 4. The Morgan fingerprint density at radius 3 is 1.26 bits per heavy atom. The molecule has 8 atom stereocenters. The Morgan fingerprint density at radius 2 is 0.887 bits per heavy atom. The predicted molar refractivity (Wildman–Crippen MR) is 312 cm³/mol. The summed E-state index contributed by atoms with van der Waals surface area (Å²) >= 11 is 0. The molecule has 80 heavy (non-hydrogen) atoms. The number of hydrogen-bond acceptors (Lipinski definition) is 12. The van der Waals surface area contributed by atoms with Crippen LogP contribution in [0.2, 0.25) is 0 Å². The number of aliphatic imine (C=N–C) groups is 1. The second kappa shape index (κ2) is 32.3. The molecule has 4 aromatic carbocycles. The number of rotatable bonds is 29. The summed E-state index contributed by atoms with van der Waals surface area (Å²) in [7, 11) is 0. The minimum absolute atomic E-state index is 0.0605. The molecule has 16 nitrogen and oxygen atoms in total. The Balaban J connectivity index is 0.000000304. The van der Waals surface area contributed by atoms with Crippen molar-refractivity contribution >= 4 is 58.4 Å². The zero-order chi connectivity index (χ0) is 59.0. The molecule has 0 unspecified atom stereocenters. The molecule has 16 heteroatoms. The Labute approximate surface area is 473 Å². The number of anilines is 1. The van der Waals surface area contributed by atoms with E-state index in [1.807, 2.05) is 152 Å². The van der Waals surface area contributed by atoms with E-state index < -0.39 is 53.2 Å². The Kier molecular flexibility index (Phi) is 26.5. The van der Waals surface area contributed by atoms with Gasteiger partial charge in [-0.05, 0) is 111 Å². The van der Waals surface area contributed by atoms with Crippen molar-refractivity contribution in [2.45, 2.75) is 156 Å². The summed E-state index contributed by atoms with van der Waals surface area (Å²) < 4.78 is 10.7. The van der Waals surface area contributed by atoms with Gasteiger partial charge in [0.1, 0.15) is 17.0 Å². The third-order valence-corrected chi connectivity index (χ3v) is 13.7. The summed E-state index contributed by atoms with van der Waals surface area (Å²) in [6, 6.07) is 33.9. The first-order chi connectivity index (χ1) is 37.9. The van der Waals surface area contributed by atoms with Crippen molar-refractivity contribution in [3.63, 3.8) is 0 Å². The van der Waals surface area contributed by atoms with Crippen molar-refractivity contribution in [1.29, 1.82) is 0 Å². The van der Waals surface area contributed by atoms with Gasteiger partial charge in [-0.3, -0.25) is 28.8 Å². The van der Waals surface area contributed by atoms with Crippen molar-refractivity contribution in [1.82, 2.24) is 16.0 Å². The van der Waals surface area contributed by atoms with Gasteiger partial charge < -0.3 is 36.5 Å². The van der Waals surface area contributed by atoms with E-state index in [0.29, 0.717) is 69.0 Å². The van der Waals surface area contributed by atoms with Crippen LogP contribution in [0, 0.1) is 35.5 Å².